The average molecular weight is 293 g/mol. The Morgan fingerprint density at radius 1 is 1.40 bits per heavy atom. The van der Waals surface area contributed by atoms with Crippen molar-refractivity contribution in [2.45, 2.75) is 38.8 Å². The van der Waals surface area contributed by atoms with Crippen LogP contribution in [0, 0.1) is 0 Å². The first-order chi connectivity index (χ1) is 9.42. The molecule has 0 amide bonds. The van der Waals surface area contributed by atoms with Gasteiger partial charge in [-0.15, -0.1) is 0 Å². The molecule has 0 fully saturated rings. The number of halogens is 1. The fourth-order valence-electron chi connectivity index (χ4n) is 2.86. The number of aliphatic hydroxyl groups is 1. The van der Waals surface area contributed by atoms with Gasteiger partial charge in [0.15, 0.2) is 0 Å². The molecule has 2 heterocycles. The molecule has 0 saturated heterocycles. The van der Waals surface area contributed by atoms with E-state index < -0.39 is 5.60 Å². The van der Waals surface area contributed by atoms with Gasteiger partial charge in [-0.3, -0.25) is 4.90 Å². The van der Waals surface area contributed by atoms with E-state index in [2.05, 4.69) is 16.0 Å². The Morgan fingerprint density at radius 3 is 2.95 bits per heavy atom. The predicted molar refractivity (Wildman–Crippen MR) is 83.2 cm³/mol. The maximum absolute atomic E-state index is 9.86. The smallest absolute Gasteiger partial charge is 0.0603 e. The molecule has 3 rings (SSSR count). The van der Waals surface area contributed by atoms with Crippen molar-refractivity contribution in [3.05, 3.63) is 34.5 Å². The van der Waals surface area contributed by atoms with Crippen LogP contribution >= 0.6 is 11.6 Å². The van der Waals surface area contributed by atoms with Crippen molar-refractivity contribution < 1.29 is 5.11 Å². The fraction of sp³-hybridized carbons (Fsp3) is 0.500. The van der Waals surface area contributed by atoms with E-state index >= 15 is 0 Å². The summed E-state index contributed by atoms with van der Waals surface area (Å²) in [5, 5.41) is 11.9. The van der Waals surface area contributed by atoms with E-state index in [1.165, 1.54) is 22.2 Å². The first kappa shape index (κ1) is 13.9. The Bertz CT molecular complexity index is 627. The number of nitrogens with zero attached hydrogens (tertiary/aromatic N) is 1. The summed E-state index contributed by atoms with van der Waals surface area (Å²) >= 11 is 6.11. The Labute approximate surface area is 124 Å². The molecule has 2 aromatic rings. The number of aromatic nitrogens is 1. The number of rotatable bonds is 3. The molecule has 0 unspecified atom stereocenters. The normalized spacial score (nSPS) is 16.6. The van der Waals surface area contributed by atoms with Crippen LogP contribution < -0.4 is 0 Å². The highest BCUT2D eigenvalue weighted by atomic mass is 35.5. The summed E-state index contributed by atoms with van der Waals surface area (Å²) < 4.78 is 0. The van der Waals surface area contributed by atoms with Gasteiger partial charge in [-0.2, -0.15) is 0 Å². The van der Waals surface area contributed by atoms with Gasteiger partial charge in [-0.1, -0.05) is 11.6 Å². The SMILES string of the molecule is CC(C)(O)CCN1CCc2[nH]c3ccc(Cl)cc3c2C1. The van der Waals surface area contributed by atoms with Gasteiger partial charge in [-0.05, 0) is 44.0 Å². The van der Waals surface area contributed by atoms with Crippen LogP contribution in [0.5, 0.6) is 0 Å². The molecular formula is C16H21ClN2O. The Balaban J connectivity index is 1.83. The van der Waals surface area contributed by atoms with E-state index in [1.807, 2.05) is 26.0 Å². The average Bonchev–Trinajstić information content (AvgIpc) is 2.73. The van der Waals surface area contributed by atoms with Gasteiger partial charge in [0.1, 0.15) is 0 Å². The minimum absolute atomic E-state index is 0.593. The van der Waals surface area contributed by atoms with Gasteiger partial charge in [0, 0.05) is 47.7 Å². The van der Waals surface area contributed by atoms with Crippen LogP contribution in [0.15, 0.2) is 18.2 Å². The lowest BCUT2D eigenvalue weighted by molar-refractivity contribution is 0.0558. The predicted octanol–water partition coefficient (Wildman–Crippen LogP) is 3.34. The first-order valence-electron chi connectivity index (χ1n) is 7.16. The van der Waals surface area contributed by atoms with Crippen LogP contribution in [0.3, 0.4) is 0 Å². The van der Waals surface area contributed by atoms with Crippen LogP contribution in [0.1, 0.15) is 31.5 Å². The lowest BCUT2D eigenvalue weighted by atomic mass is 10.0. The quantitative estimate of drug-likeness (QED) is 0.911. The lowest BCUT2D eigenvalue weighted by Gasteiger charge is -2.29. The zero-order chi connectivity index (χ0) is 14.3. The zero-order valence-corrected chi connectivity index (χ0v) is 12.8. The van der Waals surface area contributed by atoms with Crippen LogP contribution in [0.2, 0.25) is 5.02 Å². The number of fused-ring (bicyclic) bond motifs is 3. The summed E-state index contributed by atoms with van der Waals surface area (Å²) in [6.45, 7) is 6.65. The standard InChI is InChI=1S/C16H21ClN2O/c1-16(2,20)6-8-19-7-5-15-13(10-19)12-9-11(17)3-4-14(12)18-15/h3-4,9,18,20H,5-8,10H2,1-2H3. The highest BCUT2D eigenvalue weighted by Crippen LogP contribution is 2.30. The van der Waals surface area contributed by atoms with Crippen molar-refractivity contribution in [1.29, 1.82) is 0 Å². The van der Waals surface area contributed by atoms with E-state index in [4.69, 9.17) is 11.6 Å². The molecule has 1 aliphatic heterocycles. The summed E-state index contributed by atoms with van der Waals surface area (Å²) in [5.74, 6) is 0. The second kappa shape index (κ2) is 5.06. The van der Waals surface area contributed by atoms with E-state index in [0.29, 0.717) is 0 Å². The second-order valence-corrected chi connectivity index (χ2v) is 6.80. The van der Waals surface area contributed by atoms with Crippen LogP contribution in [0.4, 0.5) is 0 Å². The first-order valence-corrected chi connectivity index (χ1v) is 7.54. The summed E-state index contributed by atoms with van der Waals surface area (Å²) in [6, 6.07) is 6.03. The van der Waals surface area contributed by atoms with E-state index in [1.54, 1.807) is 0 Å². The number of hydrogen-bond acceptors (Lipinski definition) is 2. The number of H-pyrrole nitrogens is 1. The number of benzene rings is 1. The van der Waals surface area contributed by atoms with E-state index in [9.17, 15) is 5.11 Å². The van der Waals surface area contributed by atoms with Gasteiger partial charge in [0.2, 0.25) is 0 Å². The molecule has 0 bridgehead atoms. The molecule has 1 aliphatic rings. The molecule has 3 nitrogen and oxygen atoms in total. The third-order valence-corrected chi connectivity index (χ3v) is 4.29. The Morgan fingerprint density at radius 2 is 2.20 bits per heavy atom. The molecule has 0 radical (unpaired) electrons. The molecule has 20 heavy (non-hydrogen) atoms. The third-order valence-electron chi connectivity index (χ3n) is 4.06. The van der Waals surface area contributed by atoms with Crippen LogP contribution in [-0.2, 0) is 13.0 Å². The molecule has 1 aromatic heterocycles. The summed E-state index contributed by atoms with van der Waals surface area (Å²) in [5.41, 5.74) is 3.28. The maximum atomic E-state index is 9.86. The third kappa shape index (κ3) is 2.85. The molecule has 4 heteroatoms. The van der Waals surface area contributed by atoms with E-state index in [-0.39, 0.29) is 0 Å². The highest BCUT2D eigenvalue weighted by Gasteiger charge is 2.22. The lowest BCUT2D eigenvalue weighted by Crippen LogP contribution is -2.34. The molecule has 108 valence electrons. The molecular weight excluding hydrogens is 272 g/mol. The maximum Gasteiger partial charge on any atom is 0.0603 e. The molecule has 0 atom stereocenters. The van der Waals surface area contributed by atoms with Crippen LogP contribution in [-0.4, -0.2) is 33.7 Å². The van der Waals surface area contributed by atoms with Gasteiger partial charge in [-0.25, -0.2) is 0 Å². The second-order valence-electron chi connectivity index (χ2n) is 6.36. The van der Waals surface area contributed by atoms with E-state index in [0.717, 1.165) is 37.5 Å². The van der Waals surface area contributed by atoms with Gasteiger partial charge in [0.25, 0.3) is 0 Å². The number of hydrogen-bond donors (Lipinski definition) is 2. The van der Waals surface area contributed by atoms with Crippen molar-refractivity contribution in [3.8, 4) is 0 Å². The Hall–Kier alpha value is -1.03. The largest absolute Gasteiger partial charge is 0.390 e. The zero-order valence-electron chi connectivity index (χ0n) is 12.0. The van der Waals surface area contributed by atoms with Crippen molar-refractivity contribution >= 4 is 22.5 Å². The summed E-state index contributed by atoms with van der Waals surface area (Å²) in [7, 11) is 0. The number of aromatic amines is 1. The van der Waals surface area contributed by atoms with Crippen LogP contribution in [0.25, 0.3) is 10.9 Å². The van der Waals surface area contributed by atoms with Crippen molar-refractivity contribution in [2.75, 3.05) is 13.1 Å². The van der Waals surface area contributed by atoms with Gasteiger partial charge < -0.3 is 10.1 Å². The minimum Gasteiger partial charge on any atom is -0.390 e. The van der Waals surface area contributed by atoms with Crippen molar-refractivity contribution in [2.24, 2.45) is 0 Å². The van der Waals surface area contributed by atoms with Gasteiger partial charge in [0.05, 0.1) is 5.60 Å². The minimum atomic E-state index is -0.593. The number of nitrogens with one attached hydrogen (secondary N) is 1. The van der Waals surface area contributed by atoms with Crippen molar-refractivity contribution in [3.63, 3.8) is 0 Å². The molecule has 2 N–H and O–H groups in total. The molecule has 1 aromatic carbocycles. The summed E-state index contributed by atoms with van der Waals surface area (Å²) in [6.07, 6.45) is 1.83. The topological polar surface area (TPSA) is 39.3 Å². The highest BCUT2D eigenvalue weighted by molar-refractivity contribution is 6.31. The monoisotopic (exact) mass is 292 g/mol. The van der Waals surface area contributed by atoms with Gasteiger partial charge >= 0.3 is 0 Å². The molecule has 0 saturated carbocycles. The summed E-state index contributed by atoms with van der Waals surface area (Å²) in [4.78, 5) is 5.91. The fourth-order valence-corrected chi connectivity index (χ4v) is 3.04. The molecule has 0 spiro atoms. The van der Waals surface area contributed by atoms with Crippen molar-refractivity contribution in [1.82, 2.24) is 9.88 Å². The Kier molecular flexibility index (Phi) is 3.53. The molecule has 0 aliphatic carbocycles.